The van der Waals surface area contributed by atoms with E-state index in [4.69, 9.17) is 4.74 Å². The first kappa shape index (κ1) is 19.5. The fourth-order valence-electron chi connectivity index (χ4n) is 1.99. The first-order valence-corrected chi connectivity index (χ1v) is 7.92. The lowest BCUT2D eigenvalue weighted by atomic mass is 10.2. The summed E-state index contributed by atoms with van der Waals surface area (Å²) >= 11 is 0. The van der Waals surface area contributed by atoms with Crippen LogP contribution >= 0.6 is 0 Å². The second-order valence-electron chi connectivity index (χ2n) is 5.12. The molecule has 142 valence electrons. The zero-order chi connectivity index (χ0) is 19.0. The van der Waals surface area contributed by atoms with Crippen LogP contribution in [0.5, 0.6) is 5.88 Å². The summed E-state index contributed by atoms with van der Waals surface area (Å²) in [5.41, 5.74) is -0.900. The molecule has 0 saturated heterocycles. The Bertz CT molecular complexity index is 730. The number of aryl methyl sites for hydroxylation is 1. The average Bonchev–Trinajstić information content (AvgIpc) is 3.01. The van der Waals surface area contributed by atoms with Crippen molar-refractivity contribution >= 4 is 5.96 Å². The van der Waals surface area contributed by atoms with Crippen LogP contribution in [0.1, 0.15) is 18.3 Å². The molecule has 2 aromatic heterocycles. The largest absolute Gasteiger partial charge is 0.475 e. The molecule has 2 aromatic rings. The highest BCUT2D eigenvalue weighted by Crippen LogP contribution is 2.34. The molecular formula is C15H20F3N7O. The molecule has 0 fully saturated rings. The third kappa shape index (κ3) is 5.60. The summed E-state index contributed by atoms with van der Waals surface area (Å²) in [6, 6.07) is 2.15. The summed E-state index contributed by atoms with van der Waals surface area (Å²) in [6.45, 7) is 3.08. The molecule has 0 saturated carbocycles. The number of guanidine groups is 1. The predicted molar refractivity (Wildman–Crippen MR) is 88.6 cm³/mol. The number of aliphatic imine (C=N–C) groups is 1. The number of rotatable bonds is 7. The third-order valence-electron chi connectivity index (χ3n) is 3.24. The highest BCUT2D eigenvalue weighted by Gasteiger charge is 2.34. The number of aromatic nitrogens is 4. The fraction of sp³-hybridized carbons (Fsp3) is 0.467. The van der Waals surface area contributed by atoms with Gasteiger partial charge in [-0.05, 0) is 19.1 Å². The van der Waals surface area contributed by atoms with Crippen molar-refractivity contribution in [2.75, 3.05) is 19.7 Å². The van der Waals surface area contributed by atoms with E-state index in [1.807, 2.05) is 6.92 Å². The summed E-state index contributed by atoms with van der Waals surface area (Å²) in [5, 5.41) is 9.96. The Morgan fingerprint density at radius 3 is 2.77 bits per heavy atom. The van der Waals surface area contributed by atoms with Crippen LogP contribution in [0.25, 0.3) is 0 Å². The van der Waals surface area contributed by atoms with Crippen molar-refractivity contribution in [1.29, 1.82) is 0 Å². The summed E-state index contributed by atoms with van der Waals surface area (Å²) < 4.78 is 45.4. The van der Waals surface area contributed by atoms with Gasteiger partial charge in [0.15, 0.2) is 5.96 Å². The molecule has 8 nitrogen and oxygen atoms in total. The van der Waals surface area contributed by atoms with Gasteiger partial charge in [-0.2, -0.15) is 18.3 Å². The van der Waals surface area contributed by atoms with Gasteiger partial charge in [-0.3, -0.25) is 4.68 Å². The second-order valence-corrected chi connectivity index (χ2v) is 5.12. The molecule has 0 bridgehead atoms. The fourth-order valence-corrected chi connectivity index (χ4v) is 1.99. The Labute approximate surface area is 148 Å². The van der Waals surface area contributed by atoms with E-state index in [9.17, 15) is 13.2 Å². The molecule has 0 spiro atoms. The Kier molecular flexibility index (Phi) is 6.75. The van der Waals surface area contributed by atoms with Gasteiger partial charge in [-0.1, -0.05) is 0 Å². The lowest BCUT2D eigenvalue weighted by molar-refractivity contribution is -0.139. The first-order valence-electron chi connectivity index (χ1n) is 7.92. The van der Waals surface area contributed by atoms with Crippen molar-refractivity contribution in [3.8, 4) is 5.88 Å². The molecule has 0 atom stereocenters. The van der Waals surface area contributed by atoms with Crippen LogP contribution in [0, 0.1) is 0 Å². The minimum absolute atomic E-state index is 0.00549. The molecule has 2 heterocycles. The van der Waals surface area contributed by atoms with Gasteiger partial charge in [0.05, 0.1) is 6.54 Å². The molecule has 2 N–H and O–H groups in total. The maximum absolute atomic E-state index is 12.9. The van der Waals surface area contributed by atoms with Crippen molar-refractivity contribution in [1.82, 2.24) is 30.4 Å². The second kappa shape index (κ2) is 9.02. The van der Waals surface area contributed by atoms with Crippen molar-refractivity contribution in [3.05, 3.63) is 36.0 Å². The van der Waals surface area contributed by atoms with E-state index >= 15 is 0 Å². The van der Waals surface area contributed by atoms with Crippen LogP contribution in [0.15, 0.2) is 29.6 Å². The summed E-state index contributed by atoms with van der Waals surface area (Å²) in [5.74, 6) is 0.737. The Hall–Kier alpha value is -2.85. The standard InChI is InChI=1S/C15H20F3N7O/c1-3-19-14(22-9-12-23-10-24-25(12)2)21-7-8-26-13-11(15(16,17)18)5-4-6-20-13/h4-6,10H,3,7-9H2,1-2H3,(H2,19,21,22). The van der Waals surface area contributed by atoms with Gasteiger partial charge in [0.25, 0.3) is 0 Å². The number of ether oxygens (including phenoxy) is 1. The van der Waals surface area contributed by atoms with Gasteiger partial charge >= 0.3 is 6.18 Å². The number of nitrogens with one attached hydrogen (secondary N) is 2. The summed E-state index contributed by atoms with van der Waals surface area (Å²) in [6.07, 6.45) is -1.82. The first-order chi connectivity index (χ1) is 12.4. The summed E-state index contributed by atoms with van der Waals surface area (Å²) in [4.78, 5) is 12.0. The monoisotopic (exact) mass is 371 g/mol. The normalized spacial score (nSPS) is 12.1. The van der Waals surface area contributed by atoms with Crippen LogP contribution in [0.2, 0.25) is 0 Å². The zero-order valence-corrected chi connectivity index (χ0v) is 14.4. The van der Waals surface area contributed by atoms with E-state index in [1.165, 1.54) is 18.6 Å². The van der Waals surface area contributed by atoms with Crippen molar-refractivity contribution in [2.45, 2.75) is 19.6 Å². The number of nitrogens with zero attached hydrogens (tertiary/aromatic N) is 5. The van der Waals surface area contributed by atoms with Gasteiger partial charge < -0.3 is 15.4 Å². The van der Waals surface area contributed by atoms with E-state index in [2.05, 4.69) is 30.7 Å². The van der Waals surface area contributed by atoms with Crippen LogP contribution in [0.4, 0.5) is 13.2 Å². The number of hydrogen-bond donors (Lipinski definition) is 2. The van der Waals surface area contributed by atoms with Crippen LogP contribution in [-0.4, -0.2) is 45.4 Å². The number of halogens is 3. The molecule has 0 aliphatic rings. The molecule has 11 heteroatoms. The maximum Gasteiger partial charge on any atom is 0.421 e. The Morgan fingerprint density at radius 2 is 2.12 bits per heavy atom. The van der Waals surface area contributed by atoms with Crippen molar-refractivity contribution in [3.63, 3.8) is 0 Å². The number of alkyl halides is 3. The Morgan fingerprint density at radius 1 is 1.31 bits per heavy atom. The van der Waals surface area contributed by atoms with Gasteiger partial charge in [0.2, 0.25) is 5.88 Å². The van der Waals surface area contributed by atoms with Crippen LogP contribution in [-0.2, 0) is 19.8 Å². The highest BCUT2D eigenvalue weighted by atomic mass is 19.4. The molecule has 0 unspecified atom stereocenters. The number of pyridine rings is 1. The lowest BCUT2D eigenvalue weighted by Crippen LogP contribution is -2.39. The molecule has 0 aromatic carbocycles. The number of hydrogen-bond acceptors (Lipinski definition) is 5. The van der Waals surface area contributed by atoms with Gasteiger partial charge in [-0.15, -0.1) is 0 Å². The molecular weight excluding hydrogens is 351 g/mol. The van der Waals surface area contributed by atoms with Gasteiger partial charge in [0, 0.05) is 19.8 Å². The maximum atomic E-state index is 12.9. The smallest absolute Gasteiger partial charge is 0.421 e. The van der Waals surface area contributed by atoms with Crippen molar-refractivity contribution in [2.24, 2.45) is 12.0 Å². The SMILES string of the molecule is CCNC(=NCc1ncnn1C)NCCOc1ncccc1C(F)(F)F. The van der Waals surface area contributed by atoms with Crippen molar-refractivity contribution < 1.29 is 17.9 Å². The van der Waals surface area contributed by atoms with E-state index in [0.29, 0.717) is 24.9 Å². The Balaban J connectivity index is 1.88. The summed E-state index contributed by atoms with van der Waals surface area (Å²) in [7, 11) is 1.76. The zero-order valence-electron chi connectivity index (χ0n) is 14.4. The lowest BCUT2D eigenvalue weighted by Gasteiger charge is -2.14. The quantitative estimate of drug-likeness (QED) is 0.434. The highest BCUT2D eigenvalue weighted by molar-refractivity contribution is 5.79. The third-order valence-corrected chi connectivity index (χ3v) is 3.24. The van der Waals surface area contributed by atoms with Crippen LogP contribution < -0.4 is 15.4 Å². The molecule has 0 amide bonds. The molecule has 2 rings (SSSR count). The van der Waals surface area contributed by atoms with Gasteiger partial charge in [0.1, 0.15) is 30.9 Å². The predicted octanol–water partition coefficient (Wildman–Crippen LogP) is 1.36. The van der Waals surface area contributed by atoms with Gasteiger partial charge in [-0.25, -0.2) is 15.0 Å². The van der Waals surface area contributed by atoms with E-state index in [-0.39, 0.29) is 13.2 Å². The topological polar surface area (TPSA) is 89.2 Å². The molecule has 26 heavy (non-hydrogen) atoms. The minimum Gasteiger partial charge on any atom is -0.475 e. The average molecular weight is 371 g/mol. The van der Waals surface area contributed by atoms with E-state index in [0.717, 1.165) is 6.07 Å². The van der Waals surface area contributed by atoms with E-state index in [1.54, 1.807) is 11.7 Å². The molecule has 0 radical (unpaired) electrons. The minimum atomic E-state index is -4.51. The molecule has 0 aliphatic carbocycles. The molecule has 0 aliphatic heterocycles. The van der Waals surface area contributed by atoms with E-state index < -0.39 is 17.6 Å². The van der Waals surface area contributed by atoms with Crippen LogP contribution in [0.3, 0.4) is 0 Å².